The van der Waals surface area contributed by atoms with Crippen LogP contribution in [-0.2, 0) is 19.5 Å². The Balaban J connectivity index is 0.00000161. The summed E-state index contributed by atoms with van der Waals surface area (Å²) in [5.41, 5.74) is 5.14. The van der Waals surface area contributed by atoms with Gasteiger partial charge in [-0.2, -0.15) is 0 Å². The van der Waals surface area contributed by atoms with Crippen molar-refractivity contribution in [2.45, 2.75) is 13.8 Å². The summed E-state index contributed by atoms with van der Waals surface area (Å²) in [6.07, 6.45) is 0. The van der Waals surface area contributed by atoms with E-state index in [0.717, 1.165) is 34.2 Å². The Kier molecular flexibility index (Phi) is 9.07. The fraction of sp³-hybridized carbons (Fsp3) is 0.125. The fourth-order valence-corrected chi connectivity index (χ4v) is 1.98. The van der Waals surface area contributed by atoms with E-state index < -0.39 is 0 Å². The maximum atomic E-state index is 4.44. The number of halogens is 2. The van der Waals surface area contributed by atoms with Crippen molar-refractivity contribution in [2.24, 2.45) is 0 Å². The van der Waals surface area contributed by atoms with E-state index in [2.05, 4.69) is 20.2 Å². The van der Waals surface area contributed by atoms with Crippen molar-refractivity contribution < 1.29 is 44.3 Å². The third kappa shape index (κ3) is 5.31. The Bertz CT molecular complexity index is 687. The van der Waals surface area contributed by atoms with E-state index in [1.165, 1.54) is 0 Å². The van der Waals surface area contributed by atoms with Gasteiger partial charge in [-0.25, -0.2) is 0 Å². The van der Waals surface area contributed by atoms with Crippen LogP contribution in [0.15, 0.2) is 48.5 Å². The van der Waals surface area contributed by atoms with E-state index >= 15 is 0 Å². The first-order chi connectivity index (χ1) is 9.72. The van der Waals surface area contributed by atoms with E-state index in [1.54, 1.807) is 0 Å². The van der Waals surface area contributed by atoms with Crippen molar-refractivity contribution in [3.63, 3.8) is 0 Å². The number of pyridine rings is 2. The molecule has 3 aromatic heterocycles. The van der Waals surface area contributed by atoms with Crippen LogP contribution < -0.4 is 24.8 Å². The van der Waals surface area contributed by atoms with Crippen LogP contribution in [0.5, 0.6) is 0 Å². The molecule has 114 valence electrons. The average molecular weight is 399 g/mol. The van der Waals surface area contributed by atoms with E-state index in [9.17, 15) is 0 Å². The minimum absolute atomic E-state index is 0. The van der Waals surface area contributed by atoms with Crippen molar-refractivity contribution >= 4 is 0 Å². The van der Waals surface area contributed by atoms with Crippen LogP contribution in [0.2, 0.25) is 0 Å². The number of aromatic nitrogens is 4. The molecule has 0 saturated heterocycles. The van der Waals surface area contributed by atoms with Crippen molar-refractivity contribution in [3.05, 3.63) is 59.9 Å². The topological polar surface area (TPSA) is 51.6 Å². The summed E-state index contributed by atoms with van der Waals surface area (Å²) >= 11 is 0. The normalized spacial score (nSPS) is 9.13. The summed E-state index contributed by atoms with van der Waals surface area (Å²) in [6.45, 7) is 3.92. The molecule has 23 heavy (non-hydrogen) atoms. The molecule has 0 saturated carbocycles. The fourth-order valence-electron chi connectivity index (χ4n) is 1.98. The maximum absolute atomic E-state index is 4.44. The van der Waals surface area contributed by atoms with Crippen molar-refractivity contribution in [2.75, 3.05) is 0 Å². The molecule has 0 atom stereocenters. The molecule has 0 N–H and O–H groups in total. The van der Waals surface area contributed by atoms with Gasteiger partial charge in [-0.05, 0) is 50.2 Å². The average Bonchev–Trinajstić information content (AvgIpc) is 2.47. The molecule has 0 aliphatic heterocycles. The second kappa shape index (κ2) is 9.66. The second-order valence-electron chi connectivity index (χ2n) is 4.63. The summed E-state index contributed by atoms with van der Waals surface area (Å²) in [5, 5.41) is 8.49. The van der Waals surface area contributed by atoms with Gasteiger partial charge in [-0.1, -0.05) is 12.1 Å². The largest absolute Gasteiger partial charge is 2.00 e. The van der Waals surface area contributed by atoms with Crippen LogP contribution in [-0.4, -0.2) is 20.2 Å². The van der Waals surface area contributed by atoms with Gasteiger partial charge in [0.1, 0.15) is 11.4 Å². The smallest absolute Gasteiger partial charge is 1.00 e. The molecule has 4 nitrogen and oxygen atoms in total. The van der Waals surface area contributed by atoms with Gasteiger partial charge in [0.05, 0.1) is 11.4 Å². The molecule has 0 spiro atoms. The Morgan fingerprint density at radius 3 is 1.26 bits per heavy atom. The maximum Gasteiger partial charge on any atom is 2.00 e. The standard InChI is InChI=1S/C16H14N4.2ClH.Zn/c1-11-5-3-7-13(17-11)15-9-10-16(20-19-15)14-8-4-6-12(2)18-14;;;/h3-10H,1-2H3;2*1H;/q;;;+2/p-2. The van der Waals surface area contributed by atoms with Gasteiger partial charge in [0.25, 0.3) is 0 Å². The van der Waals surface area contributed by atoms with Gasteiger partial charge in [-0.3, -0.25) is 9.97 Å². The van der Waals surface area contributed by atoms with E-state index in [1.807, 2.05) is 62.4 Å². The second-order valence-corrected chi connectivity index (χ2v) is 4.63. The Hall–Kier alpha value is -1.42. The molecule has 3 rings (SSSR count). The van der Waals surface area contributed by atoms with Crippen LogP contribution in [0.1, 0.15) is 11.4 Å². The van der Waals surface area contributed by atoms with E-state index in [4.69, 9.17) is 0 Å². The molecule has 3 heterocycles. The Morgan fingerprint density at radius 2 is 0.957 bits per heavy atom. The monoisotopic (exact) mass is 396 g/mol. The summed E-state index contributed by atoms with van der Waals surface area (Å²) in [7, 11) is 0. The summed E-state index contributed by atoms with van der Waals surface area (Å²) < 4.78 is 0. The molecule has 0 radical (unpaired) electrons. The first kappa shape index (κ1) is 21.6. The first-order valence-electron chi connectivity index (χ1n) is 6.44. The zero-order valence-corrected chi connectivity index (χ0v) is 17.3. The van der Waals surface area contributed by atoms with Gasteiger partial charge < -0.3 is 24.8 Å². The van der Waals surface area contributed by atoms with Crippen LogP contribution in [0.3, 0.4) is 0 Å². The first-order valence-corrected chi connectivity index (χ1v) is 6.44. The number of hydrogen-bond acceptors (Lipinski definition) is 4. The number of aryl methyl sites for hydroxylation is 2. The van der Waals surface area contributed by atoms with Crippen molar-refractivity contribution in [1.82, 2.24) is 20.2 Å². The molecule has 0 unspecified atom stereocenters. The molecule has 0 aliphatic carbocycles. The predicted molar refractivity (Wildman–Crippen MR) is 78.0 cm³/mol. The van der Waals surface area contributed by atoms with Gasteiger partial charge >= 0.3 is 19.5 Å². The molecule has 0 aliphatic rings. The molecule has 0 aromatic carbocycles. The van der Waals surface area contributed by atoms with Crippen LogP contribution in [0.25, 0.3) is 22.8 Å². The summed E-state index contributed by atoms with van der Waals surface area (Å²) in [4.78, 5) is 8.88. The zero-order chi connectivity index (χ0) is 13.9. The van der Waals surface area contributed by atoms with Crippen LogP contribution in [0.4, 0.5) is 0 Å². The van der Waals surface area contributed by atoms with Gasteiger partial charge in [-0.15, -0.1) is 10.2 Å². The Morgan fingerprint density at radius 1 is 0.565 bits per heavy atom. The SMILES string of the molecule is Cc1cccc(-c2ccc(-c3cccc(C)n3)nn2)n1.[Cl-].[Cl-].[Zn+2]. The number of hydrogen-bond donors (Lipinski definition) is 0. The van der Waals surface area contributed by atoms with Crippen molar-refractivity contribution in [1.29, 1.82) is 0 Å². The molecule has 7 heteroatoms. The molecular weight excluding hydrogens is 384 g/mol. The summed E-state index contributed by atoms with van der Waals surface area (Å²) in [6, 6.07) is 15.6. The number of nitrogens with zero attached hydrogens (tertiary/aromatic N) is 4. The Labute approximate surface area is 160 Å². The quantitative estimate of drug-likeness (QED) is 0.439. The number of rotatable bonds is 2. The van der Waals surface area contributed by atoms with E-state index in [0.29, 0.717) is 0 Å². The molecule has 0 fully saturated rings. The molecule has 3 aromatic rings. The van der Waals surface area contributed by atoms with Crippen LogP contribution in [0, 0.1) is 13.8 Å². The molecule has 0 bridgehead atoms. The van der Waals surface area contributed by atoms with Gasteiger partial charge in [0.2, 0.25) is 0 Å². The third-order valence-corrected chi connectivity index (χ3v) is 2.97. The third-order valence-electron chi connectivity index (χ3n) is 2.97. The summed E-state index contributed by atoms with van der Waals surface area (Å²) in [5.74, 6) is 0. The van der Waals surface area contributed by atoms with Gasteiger partial charge in [0.15, 0.2) is 0 Å². The minimum Gasteiger partial charge on any atom is -1.00 e. The minimum atomic E-state index is 0. The molecule has 0 amide bonds. The van der Waals surface area contributed by atoms with E-state index in [-0.39, 0.29) is 44.3 Å². The van der Waals surface area contributed by atoms with Crippen molar-refractivity contribution in [3.8, 4) is 22.8 Å². The molecular formula is C16H14Cl2N4Zn. The zero-order valence-electron chi connectivity index (χ0n) is 12.9. The van der Waals surface area contributed by atoms with Gasteiger partial charge in [0, 0.05) is 11.4 Å². The predicted octanol–water partition coefficient (Wildman–Crippen LogP) is -2.78. The van der Waals surface area contributed by atoms with Crippen LogP contribution >= 0.6 is 0 Å².